The molecule has 0 aliphatic carbocycles. The Morgan fingerprint density at radius 2 is 2.27 bits per heavy atom. The summed E-state index contributed by atoms with van der Waals surface area (Å²) in [7, 11) is 1.98. The third-order valence-corrected chi connectivity index (χ3v) is 2.02. The lowest BCUT2D eigenvalue weighted by Crippen LogP contribution is -2.55. The van der Waals surface area contributed by atoms with Crippen LogP contribution < -0.4 is 5.32 Å². The van der Waals surface area contributed by atoms with Crippen LogP contribution in [0.5, 0.6) is 0 Å². The van der Waals surface area contributed by atoms with Gasteiger partial charge >= 0.3 is 0 Å². The van der Waals surface area contributed by atoms with E-state index in [-0.39, 0.29) is 18.0 Å². The van der Waals surface area contributed by atoms with Crippen LogP contribution in [0.3, 0.4) is 0 Å². The van der Waals surface area contributed by atoms with Gasteiger partial charge in [0.25, 0.3) is 0 Å². The van der Waals surface area contributed by atoms with E-state index in [1.807, 2.05) is 20.9 Å². The molecule has 0 aromatic heterocycles. The summed E-state index contributed by atoms with van der Waals surface area (Å²) in [4.78, 5) is 13.4. The van der Waals surface area contributed by atoms with Crippen molar-refractivity contribution in [3.63, 3.8) is 0 Å². The van der Waals surface area contributed by atoms with Gasteiger partial charge in [0.1, 0.15) is 0 Å². The highest BCUT2D eigenvalue weighted by Gasteiger charge is 2.30. The number of hydrogen-bond acceptors (Lipinski definition) is 2. The van der Waals surface area contributed by atoms with E-state index >= 15 is 0 Å². The van der Waals surface area contributed by atoms with Gasteiger partial charge in [-0.3, -0.25) is 9.69 Å². The molecule has 1 N–H and O–H groups in total. The number of nitrogens with one attached hydrogen (secondary N) is 1. The number of carbonyl (C=O) groups is 1. The van der Waals surface area contributed by atoms with Gasteiger partial charge in [0, 0.05) is 12.6 Å². The molecule has 1 aliphatic heterocycles. The highest BCUT2D eigenvalue weighted by Crippen LogP contribution is 2.13. The minimum absolute atomic E-state index is 0.136. The highest BCUT2D eigenvalue weighted by molar-refractivity contribution is 5.82. The Balaban J connectivity index is 2.30. The largest absolute Gasteiger partial charge is 0.353 e. The molecule has 1 aliphatic rings. The third-order valence-electron chi connectivity index (χ3n) is 2.02. The molecule has 1 rings (SSSR count). The maximum atomic E-state index is 11.3. The fourth-order valence-corrected chi connectivity index (χ4v) is 1.23. The molecule has 0 bridgehead atoms. The Kier molecular flexibility index (Phi) is 2.49. The van der Waals surface area contributed by atoms with Gasteiger partial charge in [0.15, 0.2) is 0 Å². The molecule has 0 aromatic carbocycles. The van der Waals surface area contributed by atoms with Crippen LogP contribution in [0.4, 0.5) is 0 Å². The molecule has 0 radical (unpaired) electrons. The molecular weight excluding hydrogens is 140 g/mol. The van der Waals surface area contributed by atoms with Crippen LogP contribution in [0, 0.1) is 0 Å². The van der Waals surface area contributed by atoms with E-state index in [2.05, 4.69) is 10.2 Å². The maximum absolute atomic E-state index is 11.3. The second-order valence-corrected chi connectivity index (χ2v) is 3.45. The number of likely N-dealkylation sites (N-methyl/N-ethyl adjacent to an activating group) is 1. The quantitative estimate of drug-likeness (QED) is 0.620. The summed E-state index contributed by atoms with van der Waals surface area (Å²) in [6.07, 6.45) is 1.01. The van der Waals surface area contributed by atoms with Crippen LogP contribution >= 0.6 is 0 Å². The van der Waals surface area contributed by atoms with Crippen LogP contribution in [-0.2, 0) is 4.79 Å². The summed E-state index contributed by atoms with van der Waals surface area (Å²) in [5.74, 6) is 0.175. The van der Waals surface area contributed by atoms with Crippen molar-refractivity contribution >= 4 is 5.91 Å². The topological polar surface area (TPSA) is 32.3 Å². The molecule has 3 nitrogen and oxygen atoms in total. The van der Waals surface area contributed by atoms with Gasteiger partial charge in [-0.1, -0.05) is 0 Å². The molecule has 1 saturated heterocycles. The smallest absolute Gasteiger partial charge is 0.237 e. The van der Waals surface area contributed by atoms with Crippen molar-refractivity contribution in [3.8, 4) is 0 Å². The summed E-state index contributed by atoms with van der Waals surface area (Å²) in [6, 6.07) is 0.397. The average molecular weight is 156 g/mol. The zero-order chi connectivity index (χ0) is 8.43. The number of likely N-dealkylation sites (tertiary alicyclic amines) is 1. The minimum Gasteiger partial charge on any atom is -0.353 e. The van der Waals surface area contributed by atoms with Gasteiger partial charge in [-0.15, -0.1) is 0 Å². The number of rotatable bonds is 2. The molecule has 3 heteroatoms. The molecule has 1 fully saturated rings. The zero-order valence-corrected chi connectivity index (χ0v) is 7.42. The molecule has 0 aromatic rings. The Morgan fingerprint density at radius 1 is 1.64 bits per heavy atom. The lowest BCUT2D eigenvalue weighted by molar-refractivity contribution is -0.130. The van der Waals surface area contributed by atoms with E-state index in [9.17, 15) is 4.79 Å². The molecule has 11 heavy (non-hydrogen) atoms. The van der Waals surface area contributed by atoms with E-state index in [0.29, 0.717) is 0 Å². The summed E-state index contributed by atoms with van der Waals surface area (Å²) in [5.41, 5.74) is 0. The van der Waals surface area contributed by atoms with Crippen LogP contribution in [-0.4, -0.2) is 36.5 Å². The lowest BCUT2D eigenvalue weighted by atomic mass is 10.0. The fourth-order valence-electron chi connectivity index (χ4n) is 1.23. The number of carbonyl (C=O) groups excluding carboxylic acids is 1. The normalized spacial score (nSPS) is 24.9. The van der Waals surface area contributed by atoms with E-state index in [1.54, 1.807) is 0 Å². The van der Waals surface area contributed by atoms with Gasteiger partial charge in [0.2, 0.25) is 5.91 Å². The Bertz CT molecular complexity index is 156. The Morgan fingerprint density at radius 3 is 2.55 bits per heavy atom. The van der Waals surface area contributed by atoms with Crippen molar-refractivity contribution in [1.29, 1.82) is 0 Å². The molecule has 1 heterocycles. The molecule has 64 valence electrons. The summed E-state index contributed by atoms with van der Waals surface area (Å²) >= 11 is 0. The van der Waals surface area contributed by atoms with Crippen LogP contribution in [0.1, 0.15) is 20.3 Å². The third kappa shape index (κ3) is 1.93. The fraction of sp³-hybridized carbons (Fsp3) is 0.875. The minimum atomic E-state index is 0.136. The molecule has 1 atom stereocenters. The summed E-state index contributed by atoms with van der Waals surface area (Å²) in [6.45, 7) is 5.02. The van der Waals surface area contributed by atoms with Gasteiger partial charge in [-0.25, -0.2) is 0 Å². The van der Waals surface area contributed by atoms with Gasteiger partial charge in [-0.2, -0.15) is 0 Å². The van der Waals surface area contributed by atoms with Gasteiger partial charge in [-0.05, 0) is 27.3 Å². The lowest BCUT2D eigenvalue weighted by Gasteiger charge is -2.36. The summed E-state index contributed by atoms with van der Waals surface area (Å²) < 4.78 is 0. The Labute approximate surface area is 67.8 Å². The van der Waals surface area contributed by atoms with Crippen molar-refractivity contribution < 1.29 is 4.79 Å². The van der Waals surface area contributed by atoms with Crippen LogP contribution in [0.2, 0.25) is 0 Å². The van der Waals surface area contributed by atoms with Crippen molar-refractivity contribution in [3.05, 3.63) is 0 Å². The standard InChI is InChI=1S/C8H16N2O/c1-6(2)9-8(11)7-4-5-10(7)3/h6-7H,4-5H2,1-3H3,(H,9,11). The van der Waals surface area contributed by atoms with Crippen molar-refractivity contribution in [2.75, 3.05) is 13.6 Å². The van der Waals surface area contributed by atoms with Gasteiger partial charge < -0.3 is 5.32 Å². The Hall–Kier alpha value is -0.570. The molecular formula is C8H16N2O. The van der Waals surface area contributed by atoms with E-state index in [4.69, 9.17) is 0 Å². The van der Waals surface area contributed by atoms with Crippen LogP contribution in [0.25, 0.3) is 0 Å². The second-order valence-electron chi connectivity index (χ2n) is 3.45. The number of amides is 1. The van der Waals surface area contributed by atoms with Crippen molar-refractivity contribution in [2.45, 2.75) is 32.4 Å². The average Bonchev–Trinajstić information content (AvgIpc) is 1.82. The SMILES string of the molecule is CC(C)NC(=O)C1CCN1C. The molecule has 1 unspecified atom stereocenters. The first-order valence-electron chi connectivity index (χ1n) is 4.12. The van der Waals surface area contributed by atoms with Gasteiger partial charge in [0.05, 0.1) is 6.04 Å². The first-order valence-corrected chi connectivity index (χ1v) is 4.12. The maximum Gasteiger partial charge on any atom is 0.237 e. The first kappa shape index (κ1) is 8.53. The van der Waals surface area contributed by atoms with Crippen LogP contribution in [0.15, 0.2) is 0 Å². The predicted octanol–water partition coefficient (Wildman–Crippen LogP) is 0.215. The number of nitrogens with zero attached hydrogens (tertiary/aromatic N) is 1. The van der Waals surface area contributed by atoms with E-state index < -0.39 is 0 Å². The van der Waals surface area contributed by atoms with E-state index in [1.165, 1.54) is 0 Å². The molecule has 0 saturated carbocycles. The number of hydrogen-bond donors (Lipinski definition) is 1. The first-order chi connectivity index (χ1) is 5.11. The van der Waals surface area contributed by atoms with Crippen molar-refractivity contribution in [2.24, 2.45) is 0 Å². The monoisotopic (exact) mass is 156 g/mol. The molecule has 1 amide bonds. The zero-order valence-electron chi connectivity index (χ0n) is 7.42. The molecule has 0 spiro atoms. The summed E-state index contributed by atoms with van der Waals surface area (Å²) in [5, 5.41) is 2.89. The second kappa shape index (κ2) is 3.22. The highest BCUT2D eigenvalue weighted by atomic mass is 16.2. The van der Waals surface area contributed by atoms with E-state index in [0.717, 1.165) is 13.0 Å². The van der Waals surface area contributed by atoms with Crippen molar-refractivity contribution in [1.82, 2.24) is 10.2 Å². The predicted molar refractivity (Wildman–Crippen MR) is 44.3 cm³/mol.